The van der Waals surface area contributed by atoms with E-state index in [1.54, 1.807) is 7.05 Å². The standard InChI is InChI=1S/C22H26ClN5O3.HI/c1-24-22(25-13-16-2-7-19-20(12-16)31-15-30-19)26-14-21(29)28-10-8-27(9-11-28)18-5-3-17(23)4-6-18;/h2-7,12H,8-11,13-15H2,1H3,(H2,24,25,26);1H. The first-order valence-corrected chi connectivity index (χ1v) is 10.6. The van der Waals surface area contributed by atoms with E-state index in [-0.39, 0.29) is 43.2 Å². The second kappa shape index (κ2) is 11.5. The number of benzene rings is 2. The highest BCUT2D eigenvalue weighted by Gasteiger charge is 2.21. The predicted molar refractivity (Wildman–Crippen MR) is 136 cm³/mol. The Morgan fingerprint density at radius 2 is 1.75 bits per heavy atom. The maximum absolute atomic E-state index is 12.6. The minimum Gasteiger partial charge on any atom is -0.454 e. The van der Waals surface area contributed by atoms with Crippen LogP contribution in [0.2, 0.25) is 5.02 Å². The smallest absolute Gasteiger partial charge is 0.242 e. The summed E-state index contributed by atoms with van der Waals surface area (Å²) in [7, 11) is 1.68. The monoisotopic (exact) mass is 571 g/mol. The lowest BCUT2D eigenvalue weighted by molar-refractivity contribution is -0.130. The molecule has 2 N–H and O–H groups in total. The molecule has 2 aromatic rings. The highest BCUT2D eigenvalue weighted by molar-refractivity contribution is 14.0. The average Bonchev–Trinajstić information content (AvgIpc) is 3.27. The molecular formula is C22H27ClIN5O3. The number of nitrogens with zero attached hydrogens (tertiary/aromatic N) is 3. The van der Waals surface area contributed by atoms with Crippen LogP contribution < -0.4 is 25.0 Å². The van der Waals surface area contributed by atoms with Crippen molar-refractivity contribution in [1.29, 1.82) is 0 Å². The van der Waals surface area contributed by atoms with Crippen molar-refractivity contribution in [3.05, 3.63) is 53.1 Å². The molecule has 4 rings (SSSR count). The molecule has 1 saturated heterocycles. The van der Waals surface area contributed by atoms with Crippen LogP contribution >= 0.6 is 35.6 Å². The molecule has 0 spiro atoms. The van der Waals surface area contributed by atoms with Gasteiger partial charge >= 0.3 is 0 Å². The van der Waals surface area contributed by atoms with Crippen LogP contribution in [0.1, 0.15) is 5.56 Å². The number of piperazine rings is 1. The summed E-state index contributed by atoms with van der Waals surface area (Å²) in [6.45, 7) is 3.98. The number of rotatable bonds is 5. The molecule has 0 bridgehead atoms. The molecule has 2 aromatic carbocycles. The Morgan fingerprint density at radius 1 is 1.03 bits per heavy atom. The van der Waals surface area contributed by atoms with E-state index in [0.29, 0.717) is 25.6 Å². The summed E-state index contributed by atoms with van der Waals surface area (Å²) in [6, 6.07) is 13.6. The van der Waals surface area contributed by atoms with Crippen LogP contribution in [0.4, 0.5) is 5.69 Å². The lowest BCUT2D eigenvalue weighted by Crippen LogP contribution is -2.52. The van der Waals surface area contributed by atoms with E-state index >= 15 is 0 Å². The molecule has 2 aliphatic heterocycles. The van der Waals surface area contributed by atoms with E-state index in [0.717, 1.165) is 40.9 Å². The second-order valence-electron chi connectivity index (χ2n) is 7.31. The number of amides is 1. The van der Waals surface area contributed by atoms with Crippen molar-refractivity contribution in [2.24, 2.45) is 4.99 Å². The van der Waals surface area contributed by atoms with Gasteiger partial charge in [0.05, 0.1) is 6.54 Å². The molecule has 1 amide bonds. The number of anilines is 1. The molecule has 0 saturated carbocycles. The first kappa shape index (κ1) is 24.2. The summed E-state index contributed by atoms with van der Waals surface area (Å²) < 4.78 is 10.7. The topological polar surface area (TPSA) is 78.4 Å². The van der Waals surface area contributed by atoms with Gasteiger partial charge in [0.1, 0.15) is 0 Å². The number of aliphatic imine (C=N–C) groups is 1. The molecule has 0 unspecified atom stereocenters. The van der Waals surface area contributed by atoms with Crippen molar-refractivity contribution in [1.82, 2.24) is 15.5 Å². The van der Waals surface area contributed by atoms with Crippen LogP contribution in [0.15, 0.2) is 47.5 Å². The third kappa shape index (κ3) is 6.10. The molecule has 32 heavy (non-hydrogen) atoms. The Hall–Kier alpha value is -2.40. The lowest BCUT2D eigenvalue weighted by atomic mass is 10.2. The second-order valence-corrected chi connectivity index (χ2v) is 7.75. The summed E-state index contributed by atoms with van der Waals surface area (Å²) in [4.78, 5) is 21.0. The minimum atomic E-state index is 0. The van der Waals surface area contributed by atoms with Gasteiger partial charge in [0, 0.05) is 50.5 Å². The summed E-state index contributed by atoms with van der Waals surface area (Å²) >= 11 is 5.96. The van der Waals surface area contributed by atoms with Gasteiger partial charge in [0.25, 0.3) is 0 Å². The van der Waals surface area contributed by atoms with E-state index in [1.807, 2.05) is 47.4 Å². The number of ether oxygens (including phenoxy) is 2. The van der Waals surface area contributed by atoms with Gasteiger partial charge in [-0.2, -0.15) is 0 Å². The number of hydrogen-bond acceptors (Lipinski definition) is 5. The van der Waals surface area contributed by atoms with E-state index in [1.165, 1.54) is 0 Å². The fourth-order valence-electron chi connectivity index (χ4n) is 3.59. The maximum atomic E-state index is 12.6. The van der Waals surface area contributed by atoms with Gasteiger partial charge in [-0.15, -0.1) is 24.0 Å². The van der Waals surface area contributed by atoms with E-state index in [9.17, 15) is 4.79 Å². The average molecular weight is 572 g/mol. The molecule has 1 fully saturated rings. The van der Waals surface area contributed by atoms with Crippen LogP contribution in [0.3, 0.4) is 0 Å². The lowest BCUT2D eigenvalue weighted by Gasteiger charge is -2.36. The summed E-state index contributed by atoms with van der Waals surface area (Å²) in [5.41, 5.74) is 2.17. The number of hydrogen-bond donors (Lipinski definition) is 2. The number of carbonyl (C=O) groups is 1. The fourth-order valence-corrected chi connectivity index (χ4v) is 3.72. The van der Waals surface area contributed by atoms with Crippen molar-refractivity contribution in [3.8, 4) is 11.5 Å². The van der Waals surface area contributed by atoms with Crippen LogP contribution in [0, 0.1) is 0 Å². The molecule has 172 valence electrons. The molecular weight excluding hydrogens is 545 g/mol. The zero-order valence-electron chi connectivity index (χ0n) is 17.8. The molecule has 0 radical (unpaired) electrons. The summed E-state index contributed by atoms with van der Waals surface area (Å²) in [5.74, 6) is 2.13. The van der Waals surface area contributed by atoms with Crippen LogP contribution in [0.5, 0.6) is 11.5 Å². The summed E-state index contributed by atoms with van der Waals surface area (Å²) in [5, 5.41) is 7.05. The van der Waals surface area contributed by atoms with E-state index in [4.69, 9.17) is 21.1 Å². The Balaban J connectivity index is 0.00000289. The SMILES string of the molecule is CN=C(NCC(=O)N1CCN(c2ccc(Cl)cc2)CC1)NCc1ccc2c(c1)OCO2.I. The Kier molecular flexibility index (Phi) is 8.68. The Labute approximate surface area is 209 Å². The van der Waals surface area contributed by atoms with E-state index in [2.05, 4.69) is 20.5 Å². The molecule has 0 aliphatic carbocycles. The Morgan fingerprint density at radius 3 is 2.47 bits per heavy atom. The van der Waals surface area contributed by atoms with Crippen LogP contribution in [0.25, 0.3) is 0 Å². The normalized spacial score (nSPS) is 15.2. The highest BCUT2D eigenvalue weighted by Crippen LogP contribution is 2.32. The zero-order chi connectivity index (χ0) is 21.6. The Bertz CT molecular complexity index is 949. The summed E-state index contributed by atoms with van der Waals surface area (Å²) in [6.07, 6.45) is 0. The fraction of sp³-hybridized carbons (Fsp3) is 0.364. The third-order valence-corrected chi connectivity index (χ3v) is 5.60. The first-order valence-electron chi connectivity index (χ1n) is 10.2. The number of halogens is 2. The van der Waals surface area contributed by atoms with Crippen LogP contribution in [-0.2, 0) is 11.3 Å². The van der Waals surface area contributed by atoms with Gasteiger partial charge < -0.3 is 29.9 Å². The van der Waals surface area contributed by atoms with Gasteiger partial charge in [0.15, 0.2) is 17.5 Å². The van der Waals surface area contributed by atoms with Gasteiger partial charge in [-0.25, -0.2) is 0 Å². The van der Waals surface area contributed by atoms with Gasteiger partial charge in [-0.05, 0) is 42.0 Å². The van der Waals surface area contributed by atoms with Crippen molar-refractivity contribution in [2.75, 3.05) is 51.5 Å². The molecule has 10 heteroatoms. The quantitative estimate of drug-likeness (QED) is 0.327. The molecule has 2 aliphatic rings. The predicted octanol–water partition coefficient (Wildman–Crippen LogP) is 2.70. The maximum Gasteiger partial charge on any atom is 0.242 e. The largest absolute Gasteiger partial charge is 0.454 e. The molecule has 2 heterocycles. The number of fused-ring (bicyclic) bond motifs is 1. The zero-order valence-corrected chi connectivity index (χ0v) is 20.9. The van der Waals surface area contributed by atoms with Crippen molar-refractivity contribution in [3.63, 3.8) is 0 Å². The minimum absolute atomic E-state index is 0. The van der Waals surface area contributed by atoms with Crippen molar-refractivity contribution >= 4 is 53.1 Å². The van der Waals surface area contributed by atoms with Crippen molar-refractivity contribution in [2.45, 2.75) is 6.54 Å². The van der Waals surface area contributed by atoms with Crippen molar-refractivity contribution < 1.29 is 14.3 Å². The molecule has 0 atom stereocenters. The number of nitrogens with one attached hydrogen (secondary N) is 2. The van der Waals surface area contributed by atoms with E-state index < -0.39 is 0 Å². The third-order valence-electron chi connectivity index (χ3n) is 5.35. The van der Waals surface area contributed by atoms with Gasteiger partial charge in [-0.1, -0.05) is 17.7 Å². The number of guanidine groups is 1. The molecule has 0 aromatic heterocycles. The van der Waals surface area contributed by atoms with Gasteiger partial charge in [0.2, 0.25) is 12.7 Å². The van der Waals surface area contributed by atoms with Gasteiger partial charge in [-0.3, -0.25) is 9.79 Å². The van der Waals surface area contributed by atoms with Crippen LogP contribution in [-0.4, -0.2) is 63.3 Å². The molecule has 8 nitrogen and oxygen atoms in total. The first-order chi connectivity index (χ1) is 15.1. The highest BCUT2D eigenvalue weighted by atomic mass is 127. The number of carbonyl (C=O) groups excluding carboxylic acids is 1.